The highest BCUT2D eigenvalue weighted by molar-refractivity contribution is 5.94. The Morgan fingerprint density at radius 3 is 2.68 bits per heavy atom. The number of alkyl halides is 2. The molecule has 1 amide bonds. The molecule has 1 unspecified atom stereocenters. The van der Waals surface area contributed by atoms with Crippen molar-refractivity contribution in [1.29, 1.82) is 0 Å². The number of benzene rings is 1. The Morgan fingerprint density at radius 2 is 2.08 bits per heavy atom. The predicted octanol–water partition coefficient (Wildman–Crippen LogP) is 1.15. The Hall–Kier alpha value is -2.26. The van der Waals surface area contributed by atoms with Crippen LogP contribution in [0.3, 0.4) is 0 Å². The third kappa shape index (κ3) is 5.95. The van der Waals surface area contributed by atoms with E-state index in [-0.39, 0.29) is 24.3 Å². The predicted molar refractivity (Wildman–Crippen MR) is 83.9 cm³/mol. The van der Waals surface area contributed by atoms with Gasteiger partial charge in [0.1, 0.15) is 5.75 Å². The maximum Gasteiger partial charge on any atom is 0.387 e. The van der Waals surface area contributed by atoms with Crippen molar-refractivity contribution < 1.29 is 33.0 Å². The Bertz CT molecular complexity index is 597. The molecule has 1 atom stereocenters. The zero-order chi connectivity index (χ0) is 18.4. The largest absolute Gasteiger partial charge is 0.480 e. The van der Waals surface area contributed by atoms with Crippen LogP contribution in [0, 0.1) is 0 Å². The molecule has 1 aliphatic heterocycles. The summed E-state index contributed by atoms with van der Waals surface area (Å²) in [6, 6.07) is 5.50. The number of carboxylic acid groups (broad SMARTS) is 1. The molecule has 138 valence electrons. The number of likely N-dealkylation sites (N-methyl/N-ethyl adjacent to an activating group) is 1. The van der Waals surface area contributed by atoms with Crippen molar-refractivity contribution in [3.63, 3.8) is 0 Å². The first-order chi connectivity index (χ1) is 11.8. The van der Waals surface area contributed by atoms with E-state index >= 15 is 0 Å². The van der Waals surface area contributed by atoms with Gasteiger partial charge in [0.25, 0.3) is 5.91 Å². The third-order valence-corrected chi connectivity index (χ3v) is 3.67. The van der Waals surface area contributed by atoms with Gasteiger partial charge in [0.05, 0.1) is 19.3 Å². The Kier molecular flexibility index (Phi) is 6.65. The molecule has 1 heterocycles. The lowest BCUT2D eigenvalue weighted by Crippen LogP contribution is -2.49. The Morgan fingerprint density at radius 1 is 1.40 bits per heavy atom. The molecule has 0 bridgehead atoms. The minimum atomic E-state index is -2.91. The number of carbonyl (C=O) groups is 2. The number of nitrogens with zero attached hydrogens (tertiary/aromatic N) is 2. The van der Waals surface area contributed by atoms with Gasteiger partial charge in [-0.25, -0.2) is 0 Å². The van der Waals surface area contributed by atoms with Crippen LogP contribution >= 0.6 is 0 Å². The van der Waals surface area contributed by atoms with Crippen LogP contribution in [0.15, 0.2) is 24.3 Å². The van der Waals surface area contributed by atoms with Gasteiger partial charge in [0, 0.05) is 25.2 Å². The Balaban J connectivity index is 1.93. The van der Waals surface area contributed by atoms with Crippen molar-refractivity contribution in [1.82, 2.24) is 9.80 Å². The Labute approximate surface area is 143 Å². The fraction of sp³-hybridized carbons (Fsp3) is 0.500. The molecule has 7 nitrogen and oxygen atoms in total. The highest BCUT2D eigenvalue weighted by Gasteiger charge is 2.26. The van der Waals surface area contributed by atoms with Crippen LogP contribution < -0.4 is 4.74 Å². The maximum absolute atomic E-state index is 12.5. The first kappa shape index (κ1) is 19.1. The van der Waals surface area contributed by atoms with Crippen LogP contribution in [0.2, 0.25) is 0 Å². The van der Waals surface area contributed by atoms with Crippen molar-refractivity contribution in [2.24, 2.45) is 0 Å². The fourth-order valence-corrected chi connectivity index (χ4v) is 2.62. The van der Waals surface area contributed by atoms with E-state index in [1.54, 1.807) is 16.8 Å². The molecule has 1 aliphatic rings. The third-order valence-electron chi connectivity index (χ3n) is 3.67. The van der Waals surface area contributed by atoms with E-state index in [2.05, 4.69) is 4.74 Å². The van der Waals surface area contributed by atoms with E-state index in [4.69, 9.17) is 9.84 Å². The second-order valence-corrected chi connectivity index (χ2v) is 5.74. The number of halogens is 2. The normalized spacial score (nSPS) is 17.8. The number of hydrogen-bond acceptors (Lipinski definition) is 5. The number of carboxylic acids is 1. The molecule has 1 aromatic carbocycles. The molecule has 0 aromatic heterocycles. The highest BCUT2D eigenvalue weighted by Crippen LogP contribution is 2.17. The molecule has 0 spiro atoms. The topological polar surface area (TPSA) is 79.3 Å². The summed E-state index contributed by atoms with van der Waals surface area (Å²) in [6.45, 7) is -1.55. The summed E-state index contributed by atoms with van der Waals surface area (Å²) in [6.07, 6.45) is -0.288. The number of ether oxygens (including phenoxy) is 2. The first-order valence-electron chi connectivity index (χ1n) is 7.71. The van der Waals surface area contributed by atoms with Crippen LogP contribution in [0.5, 0.6) is 5.75 Å². The highest BCUT2D eigenvalue weighted by atomic mass is 19.3. The summed E-state index contributed by atoms with van der Waals surface area (Å²) in [5.74, 6) is -1.18. The fourth-order valence-electron chi connectivity index (χ4n) is 2.62. The number of carbonyl (C=O) groups excluding carboxylic acids is 1. The molecule has 1 fully saturated rings. The monoisotopic (exact) mass is 358 g/mol. The second-order valence-electron chi connectivity index (χ2n) is 5.74. The molecule has 1 saturated heterocycles. The van der Waals surface area contributed by atoms with Crippen molar-refractivity contribution in [3.05, 3.63) is 29.8 Å². The number of rotatable bonds is 7. The molecular weight excluding hydrogens is 338 g/mol. The molecule has 0 aliphatic carbocycles. The van der Waals surface area contributed by atoms with Crippen LogP contribution in [0.4, 0.5) is 8.78 Å². The molecule has 0 radical (unpaired) electrons. The van der Waals surface area contributed by atoms with Crippen molar-refractivity contribution in [2.75, 3.05) is 39.8 Å². The van der Waals surface area contributed by atoms with Gasteiger partial charge in [-0.3, -0.25) is 14.5 Å². The summed E-state index contributed by atoms with van der Waals surface area (Å²) < 4.78 is 34.1. The van der Waals surface area contributed by atoms with E-state index in [0.29, 0.717) is 31.8 Å². The quantitative estimate of drug-likeness (QED) is 0.788. The minimum absolute atomic E-state index is 0.0123. The van der Waals surface area contributed by atoms with Gasteiger partial charge in [-0.15, -0.1) is 0 Å². The molecule has 1 aromatic rings. The summed E-state index contributed by atoms with van der Waals surface area (Å²) >= 11 is 0. The van der Waals surface area contributed by atoms with E-state index in [9.17, 15) is 18.4 Å². The van der Waals surface area contributed by atoms with Gasteiger partial charge < -0.3 is 19.5 Å². The minimum Gasteiger partial charge on any atom is -0.480 e. The molecule has 1 N–H and O–H groups in total. The maximum atomic E-state index is 12.5. The standard InChI is InChI=1S/C16H20F2N2O5/c1-19(10-14(21)22)8-13-9-20(6-7-24-13)15(23)11-2-4-12(5-3-11)25-16(17)18/h2-5,13,16H,6-10H2,1H3,(H,21,22). The summed E-state index contributed by atoms with van der Waals surface area (Å²) in [4.78, 5) is 26.4. The lowest BCUT2D eigenvalue weighted by Gasteiger charge is -2.34. The van der Waals surface area contributed by atoms with Gasteiger partial charge in [-0.05, 0) is 31.3 Å². The lowest BCUT2D eigenvalue weighted by atomic mass is 10.1. The van der Waals surface area contributed by atoms with Crippen LogP contribution in [0.25, 0.3) is 0 Å². The van der Waals surface area contributed by atoms with Crippen molar-refractivity contribution >= 4 is 11.9 Å². The average molecular weight is 358 g/mol. The van der Waals surface area contributed by atoms with Crippen LogP contribution in [-0.2, 0) is 9.53 Å². The average Bonchev–Trinajstić information content (AvgIpc) is 2.53. The zero-order valence-electron chi connectivity index (χ0n) is 13.7. The first-order valence-corrected chi connectivity index (χ1v) is 7.71. The lowest BCUT2D eigenvalue weighted by molar-refractivity contribution is -0.138. The van der Waals surface area contributed by atoms with E-state index < -0.39 is 12.6 Å². The molecule has 9 heteroatoms. The second kappa shape index (κ2) is 8.72. The molecule has 2 rings (SSSR count). The smallest absolute Gasteiger partial charge is 0.387 e. The summed E-state index contributed by atoms with van der Waals surface area (Å²) in [5.41, 5.74) is 0.362. The van der Waals surface area contributed by atoms with Crippen molar-refractivity contribution in [3.8, 4) is 5.75 Å². The molecule has 0 saturated carbocycles. The molecule has 25 heavy (non-hydrogen) atoms. The van der Waals surface area contributed by atoms with Crippen LogP contribution in [0.1, 0.15) is 10.4 Å². The molecular formula is C16H20F2N2O5. The van der Waals surface area contributed by atoms with Gasteiger partial charge in [0.2, 0.25) is 0 Å². The van der Waals surface area contributed by atoms with E-state index in [1.165, 1.54) is 24.3 Å². The SMILES string of the molecule is CN(CC(=O)O)CC1CN(C(=O)c2ccc(OC(F)F)cc2)CCO1. The van der Waals surface area contributed by atoms with Gasteiger partial charge in [0.15, 0.2) is 0 Å². The van der Waals surface area contributed by atoms with Gasteiger partial charge >= 0.3 is 12.6 Å². The van der Waals surface area contributed by atoms with Crippen LogP contribution in [-0.4, -0.2) is 79.3 Å². The summed E-state index contributed by atoms with van der Waals surface area (Å²) in [7, 11) is 1.67. The summed E-state index contributed by atoms with van der Waals surface area (Å²) in [5, 5.41) is 8.78. The number of hydrogen-bond donors (Lipinski definition) is 1. The number of aliphatic carboxylic acids is 1. The number of amides is 1. The van der Waals surface area contributed by atoms with E-state index in [0.717, 1.165) is 0 Å². The zero-order valence-corrected chi connectivity index (χ0v) is 13.7. The van der Waals surface area contributed by atoms with Gasteiger partial charge in [-0.1, -0.05) is 0 Å². The van der Waals surface area contributed by atoms with Gasteiger partial charge in [-0.2, -0.15) is 8.78 Å². The van der Waals surface area contributed by atoms with E-state index in [1.807, 2.05) is 0 Å². The number of morpholine rings is 1. The van der Waals surface area contributed by atoms with Crippen molar-refractivity contribution in [2.45, 2.75) is 12.7 Å².